The molecule has 0 radical (unpaired) electrons. The summed E-state index contributed by atoms with van der Waals surface area (Å²) in [6.45, 7) is 21.8. The highest BCUT2D eigenvalue weighted by atomic mass is 16.3. The Morgan fingerprint density at radius 3 is 2.17 bits per heavy atom. The molecule has 1 saturated heterocycles. The molecule has 6 heteroatoms. The molecular formula is C30H44N4O2. The maximum Gasteiger partial charge on any atom is 0.254 e. The van der Waals surface area contributed by atoms with Gasteiger partial charge in [0.2, 0.25) is 0 Å². The minimum Gasteiger partial charge on any atom is -0.507 e. The van der Waals surface area contributed by atoms with Crippen LogP contribution in [0.4, 0.5) is 0 Å². The van der Waals surface area contributed by atoms with E-state index in [4.69, 9.17) is 0 Å². The van der Waals surface area contributed by atoms with Gasteiger partial charge in [-0.05, 0) is 53.0 Å². The van der Waals surface area contributed by atoms with Gasteiger partial charge in [-0.2, -0.15) is 5.10 Å². The average molecular weight is 493 g/mol. The third-order valence-electron chi connectivity index (χ3n) is 7.02. The van der Waals surface area contributed by atoms with Crippen LogP contribution in [-0.2, 0) is 22.2 Å². The van der Waals surface area contributed by atoms with Gasteiger partial charge < -0.3 is 5.11 Å². The zero-order chi connectivity index (χ0) is 26.7. The molecule has 0 aliphatic carbocycles. The average Bonchev–Trinajstić information content (AvgIpc) is 2.77. The number of aromatic hydroxyl groups is 1. The Morgan fingerprint density at radius 1 is 0.944 bits per heavy atom. The lowest BCUT2D eigenvalue weighted by molar-refractivity contribution is -0.122. The second-order valence-corrected chi connectivity index (χ2v) is 12.2. The molecule has 36 heavy (non-hydrogen) atoms. The summed E-state index contributed by atoms with van der Waals surface area (Å²) in [5, 5.41) is 15.1. The van der Waals surface area contributed by atoms with Crippen LogP contribution >= 0.6 is 0 Å². The summed E-state index contributed by atoms with van der Waals surface area (Å²) in [6.07, 6.45) is 1.55. The van der Waals surface area contributed by atoms with Gasteiger partial charge in [-0.25, -0.2) is 5.43 Å². The van der Waals surface area contributed by atoms with Gasteiger partial charge in [0.15, 0.2) is 0 Å². The van der Waals surface area contributed by atoms with Crippen molar-refractivity contribution in [3.63, 3.8) is 0 Å². The number of hydrogen-bond acceptors (Lipinski definition) is 5. The lowest BCUT2D eigenvalue weighted by Crippen LogP contribution is -2.48. The summed E-state index contributed by atoms with van der Waals surface area (Å²) < 4.78 is 0. The third-order valence-corrected chi connectivity index (χ3v) is 7.02. The van der Waals surface area contributed by atoms with Crippen molar-refractivity contribution in [3.8, 4) is 5.75 Å². The van der Waals surface area contributed by atoms with Gasteiger partial charge in [0, 0.05) is 43.9 Å². The monoisotopic (exact) mass is 492 g/mol. The van der Waals surface area contributed by atoms with Crippen LogP contribution in [0.3, 0.4) is 0 Å². The number of nitrogens with zero attached hydrogens (tertiary/aromatic N) is 3. The molecule has 1 aliphatic rings. The molecule has 0 unspecified atom stereocenters. The standard InChI is InChI=1S/C30H44N4O2/c1-21-9-10-23(15-22(21)2)19-33-11-13-34(14-12-33)20-27(35)32-31-18-24-16-25(29(3,4)5)17-26(28(24)36)30(6,7)8/h9-10,15-18,36H,11-14,19-20H2,1-8H3,(H,32,35)/b31-18+. The van der Waals surface area contributed by atoms with Gasteiger partial charge in [-0.1, -0.05) is 65.8 Å². The summed E-state index contributed by atoms with van der Waals surface area (Å²) >= 11 is 0. The molecule has 1 heterocycles. The lowest BCUT2D eigenvalue weighted by Gasteiger charge is -2.34. The first-order chi connectivity index (χ1) is 16.7. The number of hydrogen-bond donors (Lipinski definition) is 2. The quantitative estimate of drug-likeness (QED) is 0.446. The van der Waals surface area contributed by atoms with Crippen molar-refractivity contribution >= 4 is 12.1 Å². The van der Waals surface area contributed by atoms with E-state index < -0.39 is 0 Å². The number of phenolic OH excluding ortho intramolecular Hbond substituents is 1. The number of carbonyl (C=O) groups excluding carboxylic acids is 1. The first kappa shape index (κ1) is 27.9. The van der Waals surface area contributed by atoms with Crippen LogP contribution in [0.2, 0.25) is 0 Å². The minimum atomic E-state index is -0.211. The zero-order valence-corrected chi connectivity index (χ0v) is 23.4. The Balaban J connectivity index is 1.55. The summed E-state index contributed by atoms with van der Waals surface area (Å²) in [5.41, 5.74) is 8.98. The summed E-state index contributed by atoms with van der Waals surface area (Å²) in [5.74, 6) is 0.0739. The van der Waals surface area contributed by atoms with E-state index in [1.165, 1.54) is 16.7 Å². The lowest BCUT2D eigenvalue weighted by atomic mass is 9.79. The number of nitrogens with one attached hydrogen (secondary N) is 1. The molecule has 0 aromatic heterocycles. The number of aryl methyl sites for hydroxylation is 2. The largest absolute Gasteiger partial charge is 0.507 e. The Bertz CT molecular complexity index is 1100. The second kappa shape index (κ2) is 11.1. The Kier molecular flexibility index (Phi) is 8.63. The number of phenols is 1. The molecule has 0 atom stereocenters. The van der Waals surface area contributed by atoms with E-state index >= 15 is 0 Å². The minimum absolute atomic E-state index is 0.0695. The van der Waals surface area contributed by atoms with Crippen molar-refractivity contribution < 1.29 is 9.90 Å². The molecule has 196 valence electrons. The molecule has 2 aromatic carbocycles. The van der Waals surface area contributed by atoms with E-state index in [1.54, 1.807) is 6.21 Å². The molecule has 2 aromatic rings. The molecular weight excluding hydrogens is 448 g/mol. The maximum absolute atomic E-state index is 12.5. The summed E-state index contributed by atoms with van der Waals surface area (Å²) in [4.78, 5) is 17.1. The predicted molar refractivity (Wildman–Crippen MR) is 149 cm³/mol. The Morgan fingerprint density at radius 2 is 1.58 bits per heavy atom. The molecule has 1 amide bonds. The fraction of sp³-hybridized carbons (Fsp3) is 0.533. The molecule has 3 rings (SSSR count). The molecule has 1 fully saturated rings. The van der Waals surface area contributed by atoms with Gasteiger partial charge in [0.1, 0.15) is 5.75 Å². The fourth-order valence-corrected chi connectivity index (χ4v) is 4.44. The molecule has 6 nitrogen and oxygen atoms in total. The van der Waals surface area contributed by atoms with Crippen molar-refractivity contribution in [2.24, 2.45) is 5.10 Å². The van der Waals surface area contributed by atoms with Crippen LogP contribution in [0.5, 0.6) is 5.75 Å². The second-order valence-electron chi connectivity index (χ2n) is 12.2. The van der Waals surface area contributed by atoms with Crippen molar-refractivity contribution in [1.82, 2.24) is 15.2 Å². The SMILES string of the molecule is Cc1ccc(CN2CCN(CC(=O)N/N=C/c3cc(C(C)(C)C)cc(C(C)(C)C)c3O)CC2)cc1C. The number of hydrazone groups is 1. The number of amides is 1. The van der Waals surface area contributed by atoms with E-state index in [0.29, 0.717) is 12.1 Å². The number of carbonyl (C=O) groups is 1. The molecule has 0 spiro atoms. The molecule has 1 aliphatic heterocycles. The van der Waals surface area contributed by atoms with E-state index in [0.717, 1.165) is 43.9 Å². The molecule has 2 N–H and O–H groups in total. The topological polar surface area (TPSA) is 68.2 Å². The number of benzene rings is 2. The Labute approximate surface area is 217 Å². The van der Waals surface area contributed by atoms with Crippen LogP contribution in [-0.4, -0.2) is 59.8 Å². The summed E-state index contributed by atoms with van der Waals surface area (Å²) in [7, 11) is 0. The first-order valence-electron chi connectivity index (χ1n) is 12.9. The van der Waals surface area contributed by atoms with Crippen LogP contribution < -0.4 is 5.43 Å². The van der Waals surface area contributed by atoms with Crippen molar-refractivity contribution in [3.05, 3.63) is 63.7 Å². The van der Waals surface area contributed by atoms with Crippen LogP contribution in [0, 0.1) is 13.8 Å². The highest BCUT2D eigenvalue weighted by Crippen LogP contribution is 2.37. The van der Waals surface area contributed by atoms with Crippen LogP contribution in [0.1, 0.15) is 74.9 Å². The normalized spacial score (nSPS) is 16.0. The maximum atomic E-state index is 12.5. The van der Waals surface area contributed by atoms with Crippen LogP contribution in [0.25, 0.3) is 0 Å². The highest BCUT2D eigenvalue weighted by Gasteiger charge is 2.24. The number of rotatable bonds is 6. The first-order valence-corrected chi connectivity index (χ1v) is 12.9. The number of piperazine rings is 1. The fourth-order valence-electron chi connectivity index (χ4n) is 4.44. The van der Waals surface area contributed by atoms with Crippen molar-refractivity contribution in [1.29, 1.82) is 0 Å². The van der Waals surface area contributed by atoms with E-state index in [1.807, 2.05) is 6.07 Å². The van der Waals surface area contributed by atoms with Gasteiger partial charge >= 0.3 is 0 Å². The molecule has 0 bridgehead atoms. The smallest absolute Gasteiger partial charge is 0.254 e. The summed E-state index contributed by atoms with van der Waals surface area (Å²) in [6, 6.07) is 10.7. The zero-order valence-electron chi connectivity index (χ0n) is 23.4. The van der Waals surface area contributed by atoms with E-state index in [-0.39, 0.29) is 22.5 Å². The van der Waals surface area contributed by atoms with Crippen LogP contribution in [0.15, 0.2) is 35.4 Å². The predicted octanol–water partition coefficient (Wildman–Crippen LogP) is 4.87. The van der Waals surface area contributed by atoms with Gasteiger partial charge in [-0.3, -0.25) is 14.6 Å². The van der Waals surface area contributed by atoms with Crippen molar-refractivity contribution in [2.45, 2.75) is 72.8 Å². The van der Waals surface area contributed by atoms with Gasteiger partial charge in [0.05, 0.1) is 12.8 Å². The molecule has 0 saturated carbocycles. The third kappa shape index (κ3) is 7.40. The van der Waals surface area contributed by atoms with Gasteiger partial charge in [-0.15, -0.1) is 0 Å². The highest BCUT2D eigenvalue weighted by molar-refractivity contribution is 5.86. The Hall–Kier alpha value is -2.70. The van der Waals surface area contributed by atoms with Crippen molar-refractivity contribution in [2.75, 3.05) is 32.7 Å². The van der Waals surface area contributed by atoms with E-state index in [2.05, 4.69) is 100.0 Å². The van der Waals surface area contributed by atoms with Gasteiger partial charge in [0.25, 0.3) is 5.91 Å². The van der Waals surface area contributed by atoms with E-state index in [9.17, 15) is 9.90 Å².